The number of carbonyl (C=O) groups excluding carboxylic acids is 2. The molecule has 0 unspecified atom stereocenters. The monoisotopic (exact) mass is 384 g/mol. The number of nitrogens with one attached hydrogen (secondary N) is 2. The molecule has 1 aromatic carbocycles. The van der Waals surface area contributed by atoms with Crippen molar-refractivity contribution in [3.05, 3.63) is 39.9 Å². The smallest absolute Gasteiger partial charge is 0.238 e. The first kappa shape index (κ1) is 18.1. The highest BCUT2D eigenvalue weighted by atomic mass is 32.1. The van der Waals surface area contributed by atoms with E-state index in [1.54, 1.807) is 0 Å². The van der Waals surface area contributed by atoms with Crippen LogP contribution in [0.4, 0.5) is 10.8 Å². The van der Waals surface area contributed by atoms with Crippen molar-refractivity contribution in [1.82, 2.24) is 9.88 Å². The standard InChI is InChI=1S/C20H24N4O2S/c1-12-3-4-13(2)16(9-12)21-18(25)11-24-8-7-15-17(10-24)27-20(22-15)23-19(26)14-5-6-14/h3-4,9,14H,5-8,10-11H2,1-2H3,(H,21,25)(H,22,23,26). The van der Waals surface area contributed by atoms with Crippen molar-refractivity contribution in [2.45, 2.75) is 39.7 Å². The Morgan fingerprint density at radius 3 is 2.85 bits per heavy atom. The van der Waals surface area contributed by atoms with E-state index >= 15 is 0 Å². The lowest BCUT2D eigenvalue weighted by atomic mass is 10.1. The highest BCUT2D eigenvalue weighted by Crippen LogP contribution is 2.33. The quantitative estimate of drug-likeness (QED) is 0.831. The summed E-state index contributed by atoms with van der Waals surface area (Å²) < 4.78 is 0. The lowest BCUT2D eigenvalue weighted by Crippen LogP contribution is -2.36. The number of amides is 2. The van der Waals surface area contributed by atoms with E-state index in [9.17, 15) is 9.59 Å². The predicted molar refractivity (Wildman–Crippen MR) is 107 cm³/mol. The maximum atomic E-state index is 12.5. The van der Waals surface area contributed by atoms with Gasteiger partial charge in [-0.05, 0) is 43.9 Å². The number of hydrogen-bond acceptors (Lipinski definition) is 5. The van der Waals surface area contributed by atoms with E-state index in [4.69, 9.17) is 0 Å². The Labute approximate surface area is 163 Å². The number of fused-ring (bicyclic) bond motifs is 1. The van der Waals surface area contributed by atoms with Crippen molar-refractivity contribution in [2.24, 2.45) is 5.92 Å². The lowest BCUT2D eigenvalue weighted by Gasteiger charge is -2.25. The summed E-state index contributed by atoms with van der Waals surface area (Å²) in [5, 5.41) is 6.65. The zero-order valence-electron chi connectivity index (χ0n) is 15.7. The van der Waals surface area contributed by atoms with Crippen LogP contribution in [0.25, 0.3) is 0 Å². The fourth-order valence-corrected chi connectivity index (χ4v) is 4.31. The van der Waals surface area contributed by atoms with Gasteiger partial charge in [0.1, 0.15) is 0 Å². The third-order valence-electron chi connectivity index (χ3n) is 5.02. The second-order valence-corrected chi connectivity index (χ2v) is 8.56. The van der Waals surface area contributed by atoms with Gasteiger partial charge in [-0.3, -0.25) is 14.5 Å². The SMILES string of the molecule is Cc1ccc(C)c(NC(=O)CN2CCc3nc(NC(=O)C4CC4)sc3C2)c1. The Morgan fingerprint density at radius 2 is 2.07 bits per heavy atom. The maximum absolute atomic E-state index is 12.5. The van der Waals surface area contributed by atoms with Crippen LogP contribution in [0.1, 0.15) is 34.5 Å². The molecule has 1 aliphatic heterocycles. The first-order chi connectivity index (χ1) is 13.0. The van der Waals surface area contributed by atoms with Gasteiger partial charge < -0.3 is 10.6 Å². The molecule has 142 valence electrons. The van der Waals surface area contributed by atoms with Crippen LogP contribution in [-0.2, 0) is 22.6 Å². The number of nitrogens with zero attached hydrogens (tertiary/aromatic N) is 2. The molecule has 0 spiro atoms. The predicted octanol–water partition coefficient (Wildman–Crippen LogP) is 3.11. The van der Waals surface area contributed by atoms with Crippen LogP contribution in [0.15, 0.2) is 18.2 Å². The molecule has 2 aliphatic rings. The molecule has 7 heteroatoms. The van der Waals surface area contributed by atoms with Gasteiger partial charge in [0, 0.05) is 36.0 Å². The van der Waals surface area contributed by atoms with Gasteiger partial charge in [0.2, 0.25) is 11.8 Å². The molecule has 2 aromatic rings. The van der Waals surface area contributed by atoms with Gasteiger partial charge in [-0.2, -0.15) is 0 Å². The molecule has 6 nitrogen and oxygen atoms in total. The average molecular weight is 385 g/mol. The lowest BCUT2D eigenvalue weighted by molar-refractivity contribution is -0.118. The second kappa shape index (κ2) is 7.40. The molecule has 0 bridgehead atoms. The Bertz CT molecular complexity index is 888. The largest absolute Gasteiger partial charge is 0.325 e. The van der Waals surface area contributed by atoms with E-state index in [1.165, 1.54) is 11.3 Å². The Kier molecular flexibility index (Phi) is 4.97. The Morgan fingerprint density at radius 1 is 1.26 bits per heavy atom. The van der Waals surface area contributed by atoms with Crippen LogP contribution < -0.4 is 10.6 Å². The summed E-state index contributed by atoms with van der Waals surface area (Å²) in [6.07, 6.45) is 2.78. The van der Waals surface area contributed by atoms with Gasteiger partial charge in [-0.25, -0.2) is 4.98 Å². The van der Waals surface area contributed by atoms with Crippen molar-refractivity contribution >= 4 is 34.0 Å². The minimum Gasteiger partial charge on any atom is -0.325 e. The van der Waals surface area contributed by atoms with E-state index in [1.807, 2.05) is 32.0 Å². The number of rotatable bonds is 5. The van der Waals surface area contributed by atoms with Crippen molar-refractivity contribution in [3.8, 4) is 0 Å². The molecule has 1 aliphatic carbocycles. The summed E-state index contributed by atoms with van der Waals surface area (Å²) in [7, 11) is 0. The normalized spacial score (nSPS) is 16.7. The van der Waals surface area contributed by atoms with E-state index in [0.717, 1.165) is 53.2 Å². The molecule has 0 atom stereocenters. The number of aromatic nitrogens is 1. The summed E-state index contributed by atoms with van der Waals surface area (Å²) in [4.78, 5) is 32.2. The van der Waals surface area contributed by atoms with Crippen LogP contribution >= 0.6 is 11.3 Å². The van der Waals surface area contributed by atoms with Crippen molar-refractivity contribution in [2.75, 3.05) is 23.7 Å². The van der Waals surface area contributed by atoms with E-state index in [2.05, 4.69) is 20.5 Å². The maximum Gasteiger partial charge on any atom is 0.238 e. The molecule has 0 saturated heterocycles. The molecule has 2 heterocycles. The summed E-state index contributed by atoms with van der Waals surface area (Å²) in [6, 6.07) is 6.06. The third kappa shape index (κ3) is 4.36. The molecule has 2 amide bonds. The number of hydrogen-bond donors (Lipinski definition) is 2. The molecule has 1 saturated carbocycles. The number of carbonyl (C=O) groups is 2. The van der Waals surface area contributed by atoms with Crippen LogP contribution in [0.2, 0.25) is 0 Å². The van der Waals surface area contributed by atoms with Crippen LogP contribution in [0.5, 0.6) is 0 Å². The fourth-order valence-electron chi connectivity index (χ4n) is 3.25. The summed E-state index contributed by atoms with van der Waals surface area (Å²) in [5.41, 5.74) is 4.12. The van der Waals surface area contributed by atoms with Crippen molar-refractivity contribution < 1.29 is 9.59 Å². The molecular formula is C20H24N4O2S. The molecule has 1 fully saturated rings. The van der Waals surface area contributed by atoms with E-state index < -0.39 is 0 Å². The number of aryl methyl sites for hydroxylation is 2. The van der Waals surface area contributed by atoms with Crippen LogP contribution in [0.3, 0.4) is 0 Å². The minimum atomic E-state index is -0.000995. The molecule has 2 N–H and O–H groups in total. The highest BCUT2D eigenvalue weighted by Gasteiger charge is 2.31. The number of benzene rings is 1. The van der Waals surface area contributed by atoms with Gasteiger partial charge in [-0.15, -0.1) is 11.3 Å². The number of thiazole rings is 1. The molecular weight excluding hydrogens is 360 g/mol. The Hall–Kier alpha value is -2.25. The fraction of sp³-hybridized carbons (Fsp3) is 0.450. The molecule has 0 radical (unpaired) electrons. The van der Waals surface area contributed by atoms with Gasteiger partial charge >= 0.3 is 0 Å². The van der Waals surface area contributed by atoms with E-state index in [-0.39, 0.29) is 17.7 Å². The van der Waals surface area contributed by atoms with Gasteiger partial charge in [0.15, 0.2) is 5.13 Å². The number of anilines is 2. The first-order valence-electron chi connectivity index (χ1n) is 9.37. The summed E-state index contributed by atoms with van der Waals surface area (Å²) >= 11 is 1.53. The zero-order chi connectivity index (χ0) is 19.0. The average Bonchev–Trinajstić information content (AvgIpc) is 3.39. The molecule has 1 aromatic heterocycles. The second-order valence-electron chi connectivity index (χ2n) is 7.48. The Balaban J connectivity index is 1.35. The molecule has 4 rings (SSSR count). The van der Waals surface area contributed by atoms with Gasteiger partial charge in [0.05, 0.1) is 12.2 Å². The first-order valence-corrected chi connectivity index (χ1v) is 10.2. The van der Waals surface area contributed by atoms with Gasteiger partial charge in [-0.1, -0.05) is 12.1 Å². The summed E-state index contributed by atoms with van der Waals surface area (Å²) in [5.74, 6) is 0.265. The summed E-state index contributed by atoms with van der Waals surface area (Å²) in [6.45, 7) is 5.87. The topological polar surface area (TPSA) is 74.3 Å². The van der Waals surface area contributed by atoms with Gasteiger partial charge in [0.25, 0.3) is 0 Å². The molecule has 27 heavy (non-hydrogen) atoms. The highest BCUT2D eigenvalue weighted by molar-refractivity contribution is 7.15. The zero-order valence-corrected chi connectivity index (χ0v) is 16.5. The van der Waals surface area contributed by atoms with Crippen LogP contribution in [0, 0.1) is 19.8 Å². The van der Waals surface area contributed by atoms with Crippen molar-refractivity contribution in [1.29, 1.82) is 0 Å². The van der Waals surface area contributed by atoms with E-state index in [0.29, 0.717) is 18.2 Å². The third-order valence-corrected chi connectivity index (χ3v) is 6.02. The van der Waals surface area contributed by atoms with Crippen molar-refractivity contribution in [3.63, 3.8) is 0 Å². The minimum absolute atomic E-state index is 0.000995. The van der Waals surface area contributed by atoms with Crippen LogP contribution in [-0.4, -0.2) is 34.8 Å².